The summed E-state index contributed by atoms with van der Waals surface area (Å²) in [7, 11) is 0. The SMILES string of the molecule is O=C(/C=C/c1ccc(SCc2ccco2)cc1)Nc1nc(-c2ccc(F)cc2)cs1. The normalized spacial score (nSPS) is 11.1. The molecule has 0 aliphatic rings. The molecule has 0 radical (unpaired) electrons. The number of benzene rings is 2. The number of furan rings is 1. The second kappa shape index (κ2) is 9.56. The largest absolute Gasteiger partial charge is 0.468 e. The predicted molar refractivity (Wildman–Crippen MR) is 120 cm³/mol. The second-order valence-corrected chi connectivity index (χ2v) is 8.21. The molecular formula is C23H17FN2O2S2. The number of aromatic nitrogens is 1. The third kappa shape index (κ3) is 5.46. The maximum atomic E-state index is 13.0. The monoisotopic (exact) mass is 436 g/mol. The van der Waals surface area contributed by atoms with Crippen LogP contribution >= 0.6 is 23.1 Å². The molecule has 1 amide bonds. The lowest BCUT2D eigenvalue weighted by Gasteiger charge is -2.01. The van der Waals surface area contributed by atoms with Crippen molar-refractivity contribution in [2.24, 2.45) is 0 Å². The molecule has 2 aromatic carbocycles. The van der Waals surface area contributed by atoms with E-state index < -0.39 is 0 Å². The van der Waals surface area contributed by atoms with Crippen molar-refractivity contribution >= 4 is 40.2 Å². The second-order valence-electron chi connectivity index (χ2n) is 6.30. The Morgan fingerprint density at radius 1 is 1.13 bits per heavy atom. The van der Waals surface area contributed by atoms with E-state index >= 15 is 0 Å². The van der Waals surface area contributed by atoms with Crippen LogP contribution in [-0.4, -0.2) is 10.9 Å². The summed E-state index contributed by atoms with van der Waals surface area (Å²) in [5, 5.41) is 5.07. The molecule has 150 valence electrons. The third-order valence-electron chi connectivity index (χ3n) is 4.14. The van der Waals surface area contributed by atoms with Crippen LogP contribution in [0.25, 0.3) is 17.3 Å². The first kappa shape index (κ1) is 20.1. The van der Waals surface area contributed by atoms with Gasteiger partial charge in [0.1, 0.15) is 11.6 Å². The van der Waals surface area contributed by atoms with E-state index in [4.69, 9.17) is 4.42 Å². The zero-order valence-corrected chi connectivity index (χ0v) is 17.4. The van der Waals surface area contributed by atoms with Crippen LogP contribution in [0, 0.1) is 5.82 Å². The van der Waals surface area contributed by atoms with Gasteiger partial charge in [-0.15, -0.1) is 23.1 Å². The smallest absolute Gasteiger partial charge is 0.250 e. The van der Waals surface area contributed by atoms with Gasteiger partial charge >= 0.3 is 0 Å². The zero-order chi connectivity index (χ0) is 20.8. The first-order valence-corrected chi connectivity index (χ1v) is 11.0. The molecule has 0 aliphatic heterocycles. The van der Waals surface area contributed by atoms with E-state index in [2.05, 4.69) is 10.3 Å². The van der Waals surface area contributed by atoms with Crippen LogP contribution in [-0.2, 0) is 10.5 Å². The quantitative estimate of drug-likeness (QED) is 0.266. The maximum absolute atomic E-state index is 13.0. The third-order valence-corrected chi connectivity index (χ3v) is 5.93. The van der Waals surface area contributed by atoms with Gasteiger partial charge in [0.2, 0.25) is 5.91 Å². The minimum atomic E-state index is -0.295. The topological polar surface area (TPSA) is 55.1 Å². The molecule has 0 fully saturated rings. The summed E-state index contributed by atoms with van der Waals surface area (Å²) in [4.78, 5) is 17.7. The summed E-state index contributed by atoms with van der Waals surface area (Å²) >= 11 is 3.01. The molecule has 4 rings (SSSR count). The van der Waals surface area contributed by atoms with Crippen molar-refractivity contribution in [1.82, 2.24) is 4.98 Å². The number of halogens is 1. The van der Waals surface area contributed by atoms with E-state index in [9.17, 15) is 9.18 Å². The van der Waals surface area contributed by atoms with E-state index in [1.54, 1.807) is 36.2 Å². The van der Waals surface area contributed by atoms with E-state index in [0.29, 0.717) is 10.8 Å². The van der Waals surface area contributed by atoms with Crippen molar-refractivity contribution in [3.05, 3.63) is 95.5 Å². The molecule has 4 aromatic rings. The number of amides is 1. The fraction of sp³-hybridized carbons (Fsp3) is 0.0435. The lowest BCUT2D eigenvalue weighted by atomic mass is 10.2. The van der Waals surface area contributed by atoms with Crippen LogP contribution in [0.2, 0.25) is 0 Å². The van der Waals surface area contributed by atoms with Crippen LogP contribution in [0.5, 0.6) is 0 Å². The van der Waals surface area contributed by atoms with Crippen molar-refractivity contribution in [3.63, 3.8) is 0 Å². The number of hydrogen-bond acceptors (Lipinski definition) is 5. The van der Waals surface area contributed by atoms with Crippen molar-refractivity contribution in [1.29, 1.82) is 0 Å². The Labute approximate surface area is 181 Å². The number of anilines is 1. The number of rotatable bonds is 7. The molecule has 7 heteroatoms. The number of thioether (sulfide) groups is 1. The number of carbonyl (C=O) groups is 1. The zero-order valence-electron chi connectivity index (χ0n) is 15.7. The minimum absolute atomic E-state index is 0.258. The summed E-state index contributed by atoms with van der Waals surface area (Å²) in [5.41, 5.74) is 2.43. The molecule has 0 aliphatic carbocycles. The molecule has 0 saturated heterocycles. The Morgan fingerprint density at radius 2 is 1.93 bits per heavy atom. The maximum Gasteiger partial charge on any atom is 0.250 e. The minimum Gasteiger partial charge on any atom is -0.468 e. The average molecular weight is 437 g/mol. The van der Waals surface area contributed by atoms with Crippen LogP contribution in [0.1, 0.15) is 11.3 Å². The van der Waals surface area contributed by atoms with Gasteiger partial charge < -0.3 is 4.42 Å². The lowest BCUT2D eigenvalue weighted by Crippen LogP contribution is -2.07. The molecular weight excluding hydrogens is 419 g/mol. The van der Waals surface area contributed by atoms with Gasteiger partial charge in [-0.25, -0.2) is 9.37 Å². The van der Waals surface area contributed by atoms with Crippen LogP contribution in [0.3, 0.4) is 0 Å². The summed E-state index contributed by atoms with van der Waals surface area (Å²) in [6.07, 6.45) is 4.90. The highest BCUT2D eigenvalue weighted by Gasteiger charge is 2.07. The molecule has 0 atom stereocenters. The molecule has 0 spiro atoms. The van der Waals surface area contributed by atoms with Crippen molar-refractivity contribution in [3.8, 4) is 11.3 Å². The molecule has 0 unspecified atom stereocenters. The van der Waals surface area contributed by atoms with Gasteiger partial charge in [0.25, 0.3) is 0 Å². The van der Waals surface area contributed by atoms with Gasteiger partial charge in [0.05, 0.1) is 17.7 Å². The van der Waals surface area contributed by atoms with Gasteiger partial charge in [-0.2, -0.15) is 0 Å². The average Bonchev–Trinajstić information content (AvgIpc) is 3.44. The molecule has 0 saturated carbocycles. The van der Waals surface area contributed by atoms with E-state index in [0.717, 1.165) is 27.5 Å². The van der Waals surface area contributed by atoms with Crippen molar-refractivity contribution < 1.29 is 13.6 Å². The Bertz CT molecular complexity index is 1130. The number of nitrogens with zero attached hydrogens (tertiary/aromatic N) is 1. The number of carbonyl (C=O) groups excluding carboxylic acids is 1. The molecule has 1 N–H and O–H groups in total. The molecule has 0 bridgehead atoms. The van der Waals surface area contributed by atoms with Crippen molar-refractivity contribution in [2.75, 3.05) is 5.32 Å². The Morgan fingerprint density at radius 3 is 2.67 bits per heavy atom. The van der Waals surface area contributed by atoms with Gasteiger partial charge in [-0.1, -0.05) is 12.1 Å². The van der Waals surface area contributed by atoms with Crippen LogP contribution in [0.15, 0.2) is 87.7 Å². The first-order valence-electron chi connectivity index (χ1n) is 9.11. The molecule has 30 heavy (non-hydrogen) atoms. The highest BCUT2D eigenvalue weighted by Crippen LogP contribution is 2.25. The van der Waals surface area contributed by atoms with E-state index in [-0.39, 0.29) is 11.7 Å². The summed E-state index contributed by atoms with van der Waals surface area (Å²) in [6.45, 7) is 0. The van der Waals surface area contributed by atoms with Crippen LogP contribution in [0.4, 0.5) is 9.52 Å². The number of nitrogens with one attached hydrogen (secondary N) is 1. The first-order chi connectivity index (χ1) is 14.7. The standard InChI is InChI=1S/C23H17FN2O2S2/c24-18-8-6-17(7-9-18)21-15-30-23(25-21)26-22(27)12-5-16-3-10-20(11-4-16)29-14-19-2-1-13-28-19/h1-13,15H,14H2,(H,25,26,27)/b12-5+. The van der Waals surface area contributed by atoms with Gasteiger partial charge in [0.15, 0.2) is 5.13 Å². The van der Waals surface area contributed by atoms with Gasteiger partial charge in [-0.05, 0) is 60.2 Å². The summed E-state index contributed by atoms with van der Waals surface area (Å²) in [6, 6.07) is 17.9. The predicted octanol–water partition coefficient (Wildman–Crippen LogP) is 6.49. The van der Waals surface area contributed by atoms with Gasteiger partial charge in [-0.3, -0.25) is 10.1 Å². The van der Waals surface area contributed by atoms with Gasteiger partial charge in [0, 0.05) is 21.9 Å². The summed E-state index contributed by atoms with van der Waals surface area (Å²) in [5.74, 6) is 1.16. The lowest BCUT2D eigenvalue weighted by molar-refractivity contribution is -0.111. The highest BCUT2D eigenvalue weighted by molar-refractivity contribution is 7.98. The Hall–Kier alpha value is -3.16. The number of thiazole rings is 1. The molecule has 2 heterocycles. The Balaban J connectivity index is 1.31. The highest BCUT2D eigenvalue weighted by atomic mass is 32.2. The van der Waals surface area contributed by atoms with Crippen LogP contribution < -0.4 is 5.32 Å². The van der Waals surface area contributed by atoms with Crippen molar-refractivity contribution in [2.45, 2.75) is 10.6 Å². The summed E-state index contributed by atoms with van der Waals surface area (Å²) < 4.78 is 18.4. The fourth-order valence-electron chi connectivity index (χ4n) is 2.63. The Kier molecular flexibility index (Phi) is 6.41. The number of hydrogen-bond donors (Lipinski definition) is 1. The molecule has 4 nitrogen and oxygen atoms in total. The fourth-order valence-corrected chi connectivity index (χ4v) is 4.15. The molecule has 2 aromatic heterocycles. The van der Waals surface area contributed by atoms with E-state index in [1.807, 2.05) is 41.8 Å². The van der Waals surface area contributed by atoms with E-state index in [1.165, 1.54) is 29.5 Å².